The van der Waals surface area contributed by atoms with Crippen LogP contribution in [0.2, 0.25) is 0 Å². The van der Waals surface area contributed by atoms with E-state index in [1.54, 1.807) is 0 Å². The molecule has 25 heavy (non-hydrogen) atoms. The average molecular weight is 369 g/mol. The van der Waals surface area contributed by atoms with E-state index in [1.165, 1.54) is 5.48 Å². The van der Waals surface area contributed by atoms with Crippen molar-refractivity contribution in [1.29, 1.82) is 5.41 Å². The molecular weight excluding hydrogens is 340 g/mol. The first kappa shape index (κ1) is 24.9. The van der Waals surface area contributed by atoms with Crippen LogP contribution in [0.4, 0.5) is 5.69 Å². The van der Waals surface area contributed by atoms with Crippen molar-refractivity contribution >= 4 is 42.4 Å². The largest absolute Gasteiger partial charge is 0.388 e. The van der Waals surface area contributed by atoms with Gasteiger partial charge in [-0.25, -0.2) is 5.48 Å². The van der Waals surface area contributed by atoms with Gasteiger partial charge in [0.2, 0.25) is 6.41 Å². The Labute approximate surface area is 154 Å². The van der Waals surface area contributed by atoms with Crippen LogP contribution in [0.3, 0.4) is 0 Å². The first-order chi connectivity index (χ1) is 12.0. The molecule has 1 aromatic rings. The molecule has 6 N–H and O–H groups in total. The predicted molar refractivity (Wildman–Crippen MR) is 106 cm³/mol. The highest BCUT2D eigenvalue weighted by Crippen LogP contribution is 2.16. The number of hydrogen-bond acceptors (Lipinski definition) is 6. The molecule has 1 aromatic carbocycles. The SMILES string of the molecule is CC.CNc1ccccc1/C=C/CC(=N)CC(S)C(=O)NO.NC=O. The Morgan fingerprint density at radius 2 is 1.96 bits per heavy atom. The van der Waals surface area contributed by atoms with Crippen molar-refractivity contribution < 1.29 is 14.8 Å². The van der Waals surface area contributed by atoms with Crippen molar-refractivity contribution in [2.24, 2.45) is 5.73 Å². The number of thiol groups is 1. The van der Waals surface area contributed by atoms with Gasteiger partial charge in [-0.3, -0.25) is 14.8 Å². The van der Waals surface area contributed by atoms with Gasteiger partial charge in [0.1, 0.15) is 0 Å². The zero-order valence-electron chi connectivity index (χ0n) is 14.8. The van der Waals surface area contributed by atoms with E-state index in [0.717, 1.165) is 11.3 Å². The highest BCUT2D eigenvalue weighted by Gasteiger charge is 2.14. The molecule has 8 heteroatoms. The number of carbonyl (C=O) groups is 2. The smallest absolute Gasteiger partial charge is 0.256 e. The van der Waals surface area contributed by atoms with E-state index in [-0.39, 0.29) is 12.8 Å². The van der Waals surface area contributed by atoms with Gasteiger partial charge in [0.25, 0.3) is 5.91 Å². The second-order valence-corrected chi connectivity index (χ2v) is 5.00. The van der Waals surface area contributed by atoms with Gasteiger partial charge in [0, 0.05) is 31.3 Å². The number of rotatable bonds is 7. The molecule has 1 unspecified atom stereocenters. The summed E-state index contributed by atoms with van der Waals surface area (Å²) in [6.45, 7) is 4.00. The maximum atomic E-state index is 11.1. The van der Waals surface area contributed by atoms with E-state index < -0.39 is 11.2 Å². The number of amides is 2. The van der Waals surface area contributed by atoms with Crippen LogP contribution in [0.15, 0.2) is 30.3 Å². The summed E-state index contributed by atoms with van der Waals surface area (Å²) in [5, 5.41) is 18.6. The standard InChI is InChI=1S/C14H19N3O2S.C2H6.CH3NO/c1-16-12-8-3-2-5-10(12)6-4-7-11(15)9-13(20)14(18)17-19;1-2;2-1-3/h2-6,8,13,15-16,19-20H,7,9H2,1H3,(H,17,18);1-2H3;1H,(H2,2,3)/b6-4+,15-11?;;. The quantitative estimate of drug-likeness (QED) is 0.145. The Bertz CT molecular complexity index is 550. The number of primary amides is 1. The molecule has 0 spiro atoms. The molecule has 0 aliphatic heterocycles. The number of benzene rings is 1. The summed E-state index contributed by atoms with van der Waals surface area (Å²) in [6.07, 6.45) is 4.69. The molecule has 0 aliphatic carbocycles. The minimum atomic E-state index is -0.703. The Kier molecular flexibility index (Phi) is 16.5. The summed E-state index contributed by atoms with van der Waals surface area (Å²) in [7, 11) is 1.85. The van der Waals surface area contributed by atoms with Crippen molar-refractivity contribution in [3.63, 3.8) is 0 Å². The lowest BCUT2D eigenvalue weighted by Crippen LogP contribution is -2.30. The third kappa shape index (κ3) is 11.8. The summed E-state index contributed by atoms with van der Waals surface area (Å²) in [6, 6.07) is 7.85. The monoisotopic (exact) mass is 368 g/mol. The van der Waals surface area contributed by atoms with Crippen molar-refractivity contribution in [1.82, 2.24) is 5.48 Å². The second kappa shape index (κ2) is 16.5. The molecule has 140 valence electrons. The van der Waals surface area contributed by atoms with Gasteiger partial charge >= 0.3 is 0 Å². The summed E-state index contributed by atoms with van der Waals surface area (Å²) in [5.74, 6) is -0.595. The van der Waals surface area contributed by atoms with Gasteiger partial charge < -0.3 is 16.5 Å². The van der Waals surface area contributed by atoms with Crippen LogP contribution >= 0.6 is 12.6 Å². The summed E-state index contributed by atoms with van der Waals surface area (Å²) >= 11 is 4.02. The van der Waals surface area contributed by atoms with Crippen LogP contribution in [-0.2, 0) is 9.59 Å². The molecule has 2 amide bonds. The normalized spacial score (nSPS) is 10.4. The van der Waals surface area contributed by atoms with Gasteiger partial charge in [-0.05, 0) is 11.6 Å². The van der Waals surface area contributed by atoms with Crippen molar-refractivity contribution in [3.05, 3.63) is 35.9 Å². The molecule has 0 aromatic heterocycles. The third-order valence-corrected chi connectivity index (χ3v) is 3.16. The Morgan fingerprint density at radius 1 is 1.40 bits per heavy atom. The molecule has 0 aliphatic rings. The maximum absolute atomic E-state index is 11.1. The molecule has 0 radical (unpaired) electrons. The first-order valence-electron chi connectivity index (χ1n) is 7.77. The molecule has 0 bridgehead atoms. The zero-order valence-corrected chi connectivity index (χ0v) is 15.7. The lowest BCUT2D eigenvalue weighted by atomic mass is 10.1. The van der Waals surface area contributed by atoms with E-state index in [1.807, 2.05) is 57.3 Å². The minimum absolute atomic E-state index is 0.202. The number of hydrogen-bond donors (Lipinski definition) is 6. The van der Waals surface area contributed by atoms with Crippen LogP contribution in [0, 0.1) is 5.41 Å². The molecule has 0 fully saturated rings. The fraction of sp³-hybridized carbons (Fsp3) is 0.353. The molecule has 7 nitrogen and oxygen atoms in total. The number of nitrogens with two attached hydrogens (primary N) is 1. The van der Waals surface area contributed by atoms with Gasteiger partial charge in [-0.1, -0.05) is 44.2 Å². The highest BCUT2D eigenvalue weighted by molar-refractivity contribution is 7.81. The number of hydroxylamine groups is 1. The number of nitrogens with one attached hydrogen (secondary N) is 3. The average Bonchev–Trinajstić information content (AvgIpc) is 2.63. The molecule has 0 saturated carbocycles. The topological polar surface area (TPSA) is 128 Å². The Hall–Kier alpha value is -2.32. The minimum Gasteiger partial charge on any atom is -0.388 e. The van der Waals surface area contributed by atoms with Gasteiger partial charge in [0.15, 0.2) is 0 Å². The Balaban J connectivity index is 0. The third-order valence-electron chi connectivity index (χ3n) is 2.74. The molecule has 1 rings (SSSR count). The van der Waals surface area contributed by atoms with E-state index in [0.29, 0.717) is 12.1 Å². The van der Waals surface area contributed by atoms with Gasteiger partial charge in [0.05, 0.1) is 5.25 Å². The predicted octanol–water partition coefficient (Wildman–Crippen LogP) is 2.47. The summed E-state index contributed by atoms with van der Waals surface area (Å²) in [5.41, 5.74) is 8.13. The van der Waals surface area contributed by atoms with E-state index in [9.17, 15) is 4.79 Å². The lowest BCUT2D eigenvalue weighted by molar-refractivity contribution is -0.128. The number of anilines is 1. The maximum Gasteiger partial charge on any atom is 0.256 e. The highest BCUT2D eigenvalue weighted by atomic mass is 32.1. The zero-order chi connectivity index (χ0) is 19.7. The van der Waals surface area contributed by atoms with Crippen LogP contribution in [0.1, 0.15) is 32.3 Å². The van der Waals surface area contributed by atoms with E-state index >= 15 is 0 Å². The second-order valence-electron chi connectivity index (χ2n) is 4.38. The van der Waals surface area contributed by atoms with Crippen LogP contribution in [0.5, 0.6) is 0 Å². The Morgan fingerprint density at radius 3 is 2.48 bits per heavy atom. The van der Waals surface area contributed by atoms with Crippen LogP contribution in [-0.4, -0.2) is 35.5 Å². The number of carbonyl (C=O) groups excluding carboxylic acids is 2. The van der Waals surface area contributed by atoms with Crippen molar-refractivity contribution in [2.45, 2.75) is 31.9 Å². The lowest BCUT2D eigenvalue weighted by Gasteiger charge is -2.08. The summed E-state index contributed by atoms with van der Waals surface area (Å²) < 4.78 is 0. The molecule has 0 heterocycles. The summed E-state index contributed by atoms with van der Waals surface area (Å²) in [4.78, 5) is 19.6. The van der Waals surface area contributed by atoms with Gasteiger partial charge in [-0.2, -0.15) is 12.6 Å². The first-order valence-corrected chi connectivity index (χ1v) is 8.28. The number of para-hydroxylation sites is 1. The van der Waals surface area contributed by atoms with Crippen molar-refractivity contribution in [2.75, 3.05) is 12.4 Å². The van der Waals surface area contributed by atoms with E-state index in [4.69, 9.17) is 15.4 Å². The number of allylic oxidation sites excluding steroid dienone is 1. The van der Waals surface area contributed by atoms with Crippen molar-refractivity contribution in [3.8, 4) is 0 Å². The fourth-order valence-corrected chi connectivity index (χ4v) is 1.96. The molecule has 0 saturated heterocycles. The van der Waals surface area contributed by atoms with Crippen LogP contribution < -0.4 is 16.5 Å². The van der Waals surface area contributed by atoms with Gasteiger partial charge in [-0.15, -0.1) is 0 Å². The fourth-order valence-electron chi connectivity index (χ4n) is 1.68. The molecule has 1 atom stereocenters. The van der Waals surface area contributed by atoms with Crippen LogP contribution in [0.25, 0.3) is 6.08 Å². The van der Waals surface area contributed by atoms with E-state index in [2.05, 4.69) is 23.7 Å². The molecular formula is C17H28N4O3S.